The molecule has 0 spiro atoms. The van der Waals surface area contributed by atoms with Crippen LogP contribution < -0.4 is 10.6 Å². The number of carboxylic acid groups (broad SMARTS) is 1. The van der Waals surface area contributed by atoms with E-state index in [1.54, 1.807) is 6.92 Å². The van der Waals surface area contributed by atoms with Gasteiger partial charge in [-0.2, -0.15) is 0 Å². The Morgan fingerprint density at radius 1 is 1.32 bits per heavy atom. The van der Waals surface area contributed by atoms with Gasteiger partial charge in [-0.25, -0.2) is 4.79 Å². The molecule has 0 saturated carbocycles. The van der Waals surface area contributed by atoms with Crippen LogP contribution in [0.5, 0.6) is 0 Å². The molecule has 1 rings (SSSR count). The summed E-state index contributed by atoms with van der Waals surface area (Å²) < 4.78 is 0. The number of benzene rings is 1. The number of nitrogens with one attached hydrogen (secondary N) is 2. The molecule has 5 heteroatoms. The molecule has 0 bridgehead atoms. The van der Waals surface area contributed by atoms with Crippen LogP contribution in [0.4, 0.5) is 10.5 Å². The zero-order valence-corrected chi connectivity index (χ0v) is 11.3. The Bertz CT molecular complexity index is 446. The third kappa shape index (κ3) is 5.42. The fraction of sp³-hybridized carbons (Fsp3) is 0.429. The summed E-state index contributed by atoms with van der Waals surface area (Å²) in [6, 6.07) is 6.82. The van der Waals surface area contributed by atoms with Gasteiger partial charge in [0, 0.05) is 11.7 Å². The molecule has 0 heterocycles. The van der Waals surface area contributed by atoms with Crippen LogP contribution in [-0.4, -0.2) is 23.1 Å². The summed E-state index contributed by atoms with van der Waals surface area (Å²) >= 11 is 0. The minimum Gasteiger partial charge on any atom is -0.481 e. The van der Waals surface area contributed by atoms with Gasteiger partial charge in [-0.05, 0) is 25.0 Å². The Kier molecular flexibility index (Phi) is 5.85. The highest BCUT2D eigenvalue weighted by Crippen LogP contribution is 2.16. The minimum atomic E-state index is -0.931. The summed E-state index contributed by atoms with van der Waals surface area (Å²) in [5.74, 6) is -0.931. The number of carbonyl (C=O) groups is 2. The summed E-state index contributed by atoms with van der Waals surface area (Å²) in [7, 11) is 0. The molecule has 0 aliphatic rings. The molecule has 1 aromatic carbocycles. The van der Waals surface area contributed by atoms with E-state index in [2.05, 4.69) is 17.6 Å². The molecule has 1 aromatic rings. The highest BCUT2D eigenvalue weighted by Gasteiger charge is 2.11. The summed E-state index contributed by atoms with van der Waals surface area (Å²) in [4.78, 5) is 22.3. The lowest BCUT2D eigenvalue weighted by molar-refractivity contribution is -0.137. The lowest BCUT2D eigenvalue weighted by Gasteiger charge is -2.14. The average Bonchev–Trinajstić information content (AvgIpc) is 2.30. The van der Waals surface area contributed by atoms with E-state index >= 15 is 0 Å². The van der Waals surface area contributed by atoms with Crippen LogP contribution in [0.1, 0.15) is 32.3 Å². The van der Waals surface area contributed by atoms with Gasteiger partial charge in [0.25, 0.3) is 0 Å². The number of anilines is 1. The standard InChI is InChI=1S/C14H20N2O3/c1-3-6-11-7-4-5-8-12(11)16-14(19)15-10(2)9-13(17)18/h4-5,7-8,10H,3,6,9H2,1-2H3,(H,17,18)(H2,15,16,19). The number of carbonyl (C=O) groups excluding carboxylic acids is 1. The van der Waals surface area contributed by atoms with E-state index in [0.29, 0.717) is 0 Å². The van der Waals surface area contributed by atoms with Crippen molar-refractivity contribution in [2.24, 2.45) is 0 Å². The number of rotatable bonds is 6. The van der Waals surface area contributed by atoms with Gasteiger partial charge < -0.3 is 15.7 Å². The molecule has 1 unspecified atom stereocenters. The zero-order chi connectivity index (χ0) is 14.3. The molecule has 1 atom stereocenters. The molecule has 0 fully saturated rings. The molecule has 104 valence electrons. The number of urea groups is 1. The molecule has 0 saturated heterocycles. The molecule has 19 heavy (non-hydrogen) atoms. The molecule has 0 aromatic heterocycles. The van der Waals surface area contributed by atoms with Crippen molar-refractivity contribution in [1.29, 1.82) is 0 Å². The Balaban J connectivity index is 2.59. The van der Waals surface area contributed by atoms with Crippen LogP contribution >= 0.6 is 0 Å². The number of aliphatic carboxylic acids is 1. The number of hydrogen-bond acceptors (Lipinski definition) is 2. The Morgan fingerprint density at radius 2 is 2.00 bits per heavy atom. The first kappa shape index (κ1) is 15.0. The number of carboxylic acids is 1. The second kappa shape index (κ2) is 7.41. The summed E-state index contributed by atoms with van der Waals surface area (Å²) in [6.45, 7) is 3.73. The molecule has 2 amide bonds. The van der Waals surface area contributed by atoms with Crippen LogP contribution in [0, 0.1) is 0 Å². The smallest absolute Gasteiger partial charge is 0.319 e. The van der Waals surface area contributed by atoms with Gasteiger partial charge in [0.1, 0.15) is 0 Å². The fourth-order valence-electron chi connectivity index (χ4n) is 1.82. The zero-order valence-electron chi connectivity index (χ0n) is 11.3. The van der Waals surface area contributed by atoms with E-state index in [0.717, 1.165) is 24.1 Å². The highest BCUT2D eigenvalue weighted by molar-refractivity contribution is 5.90. The summed E-state index contributed by atoms with van der Waals surface area (Å²) in [5, 5.41) is 14.0. The van der Waals surface area contributed by atoms with Crippen LogP contribution in [0.25, 0.3) is 0 Å². The van der Waals surface area contributed by atoms with E-state index in [1.165, 1.54) is 0 Å². The molecule has 0 aliphatic heterocycles. The Hall–Kier alpha value is -2.04. The second-order valence-electron chi connectivity index (χ2n) is 4.50. The van der Waals surface area contributed by atoms with E-state index in [4.69, 9.17) is 5.11 Å². The Morgan fingerprint density at radius 3 is 2.63 bits per heavy atom. The van der Waals surface area contributed by atoms with E-state index in [1.807, 2.05) is 24.3 Å². The van der Waals surface area contributed by atoms with Crippen molar-refractivity contribution in [3.8, 4) is 0 Å². The third-order valence-corrected chi connectivity index (χ3v) is 2.64. The van der Waals surface area contributed by atoms with Crippen LogP contribution in [-0.2, 0) is 11.2 Å². The Labute approximate surface area is 113 Å². The number of para-hydroxylation sites is 1. The monoisotopic (exact) mass is 264 g/mol. The van der Waals surface area contributed by atoms with Crippen LogP contribution in [0.2, 0.25) is 0 Å². The predicted molar refractivity (Wildman–Crippen MR) is 74.3 cm³/mol. The summed E-state index contributed by atoms with van der Waals surface area (Å²) in [5.41, 5.74) is 1.84. The van der Waals surface area contributed by atoms with Gasteiger partial charge in [-0.1, -0.05) is 31.5 Å². The normalized spacial score (nSPS) is 11.7. The van der Waals surface area contributed by atoms with Crippen molar-refractivity contribution in [3.63, 3.8) is 0 Å². The number of hydrogen-bond donors (Lipinski definition) is 3. The van der Waals surface area contributed by atoms with Crippen molar-refractivity contribution in [2.45, 2.75) is 39.2 Å². The SMILES string of the molecule is CCCc1ccccc1NC(=O)NC(C)CC(=O)O. The van der Waals surface area contributed by atoms with E-state index in [-0.39, 0.29) is 12.5 Å². The van der Waals surface area contributed by atoms with E-state index < -0.39 is 12.0 Å². The van der Waals surface area contributed by atoms with E-state index in [9.17, 15) is 9.59 Å². The number of aryl methyl sites for hydroxylation is 1. The quantitative estimate of drug-likeness (QED) is 0.739. The fourth-order valence-corrected chi connectivity index (χ4v) is 1.82. The molecule has 5 nitrogen and oxygen atoms in total. The molecule has 0 radical (unpaired) electrons. The van der Waals surface area contributed by atoms with Crippen molar-refractivity contribution >= 4 is 17.7 Å². The van der Waals surface area contributed by atoms with Gasteiger partial charge in [-0.3, -0.25) is 4.79 Å². The lowest BCUT2D eigenvalue weighted by Crippen LogP contribution is -2.37. The molecular formula is C14H20N2O3. The number of amides is 2. The van der Waals surface area contributed by atoms with Gasteiger partial charge in [0.05, 0.1) is 6.42 Å². The van der Waals surface area contributed by atoms with Gasteiger partial charge >= 0.3 is 12.0 Å². The maximum Gasteiger partial charge on any atom is 0.319 e. The highest BCUT2D eigenvalue weighted by atomic mass is 16.4. The maximum atomic E-state index is 11.7. The predicted octanol–water partition coefficient (Wildman–Crippen LogP) is 2.62. The largest absolute Gasteiger partial charge is 0.481 e. The van der Waals surface area contributed by atoms with Crippen molar-refractivity contribution in [1.82, 2.24) is 5.32 Å². The molecule has 0 aliphatic carbocycles. The first-order chi connectivity index (χ1) is 9.02. The van der Waals surface area contributed by atoms with Crippen LogP contribution in [0.15, 0.2) is 24.3 Å². The average molecular weight is 264 g/mol. The minimum absolute atomic E-state index is 0.0932. The first-order valence-corrected chi connectivity index (χ1v) is 6.40. The molecule has 3 N–H and O–H groups in total. The molecular weight excluding hydrogens is 244 g/mol. The van der Waals surface area contributed by atoms with Crippen molar-refractivity contribution in [2.75, 3.05) is 5.32 Å². The van der Waals surface area contributed by atoms with Crippen LogP contribution in [0.3, 0.4) is 0 Å². The van der Waals surface area contributed by atoms with Gasteiger partial charge in [0.2, 0.25) is 0 Å². The van der Waals surface area contributed by atoms with Gasteiger partial charge in [0.15, 0.2) is 0 Å². The van der Waals surface area contributed by atoms with Crippen molar-refractivity contribution < 1.29 is 14.7 Å². The first-order valence-electron chi connectivity index (χ1n) is 6.40. The third-order valence-electron chi connectivity index (χ3n) is 2.64. The van der Waals surface area contributed by atoms with Crippen molar-refractivity contribution in [3.05, 3.63) is 29.8 Å². The van der Waals surface area contributed by atoms with Gasteiger partial charge in [-0.15, -0.1) is 0 Å². The second-order valence-corrected chi connectivity index (χ2v) is 4.50. The maximum absolute atomic E-state index is 11.7. The summed E-state index contributed by atoms with van der Waals surface area (Å²) in [6.07, 6.45) is 1.79. The lowest BCUT2D eigenvalue weighted by atomic mass is 10.1. The topological polar surface area (TPSA) is 78.4 Å².